The van der Waals surface area contributed by atoms with Crippen LogP contribution >= 0.6 is 11.6 Å². The van der Waals surface area contributed by atoms with Gasteiger partial charge in [-0.25, -0.2) is 22.2 Å². The number of hydrogen-bond donors (Lipinski definition) is 1. The molecular weight excluding hydrogens is 400 g/mol. The predicted octanol–water partition coefficient (Wildman–Crippen LogP) is 3.03. The molecule has 10 heteroatoms. The number of hydrogen-bond acceptors (Lipinski definition) is 6. The lowest BCUT2D eigenvalue weighted by Gasteiger charge is -2.23. The van der Waals surface area contributed by atoms with Gasteiger partial charge in [-0.3, -0.25) is 0 Å². The van der Waals surface area contributed by atoms with Crippen molar-refractivity contribution in [3.8, 4) is 6.07 Å². The summed E-state index contributed by atoms with van der Waals surface area (Å²) in [5.41, 5.74) is 7.47. The molecule has 1 fully saturated rings. The molecule has 1 aliphatic heterocycles. The molecule has 2 aromatic rings. The standard InChI is InChI=1S/C12H14ClN5.C6H13NO2S/c1-6(2)7(3)11-8(4-14)10(13)9-5-16-12(15)17-18(9)11;1-10(8,9)7-5-3-2-4-6-7/h5-7H,1-3H3,(H2,15,17);2-6H2,1H3. The van der Waals surface area contributed by atoms with Crippen molar-refractivity contribution in [3.05, 3.63) is 22.5 Å². The van der Waals surface area contributed by atoms with Crippen LogP contribution < -0.4 is 5.73 Å². The maximum atomic E-state index is 10.9. The first-order chi connectivity index (χ1) is 13.1. The molecule has 2 N–H and O–H groups in total. The number of anilines is 1. The van der Waals surface area contributed by atoms with Crippen LogP contribution in [0.25, 0.3) is 5.52 Å². The molecule has 1 atom stereocenters. The third kappa shape index (κ3) is 4.93. The van der Waals surface area contributed by atoms with Crippen LogP contribution in [-0.2, 0) is 10.0 Å². The summed E-state index contributed by atoms with van der Waals surface area (Å²) in [7, 11) is -2.89. The van der Waals surface area contributed by atoms with Crippen molar-refractivity contribution in [2.45, 2.75) is 46.0 Å². The third-order valence-electron chi connectivity index (χ3n) is 5.01. The van der Waals surface area contributed by atoms with E-state index in [1.807, 2.05) is 6.92 Å². The molecule has 2 aromatic heterocycles. The van der Waals surface area contributed by atoms with Crippen molar-refractivity contribution >= 4 is 33.1 Å². The summed E-state index contributed by atoms with van der Waals surface area (Å²) in [6.07, 6.45) is 6.03. The van der Waals surface area contributed by atoms with Gasteiger partial charge in [0.2, 0.25) is 16.0 Å². The van der Waals surface area contributed by atoms with Crippen LogP contribution in [0.1, 0.15) is 57.2 Å². The number of nitriles is 1. The van der Waals surface area contributed by atoms with Gasteiger partial charge in [-0.05, 0) is 18.8 Å². The number of piperidine rings is 1. The molecule has 0 aromatic carbocycles. The fourth-order valence-corrected chi connectivity index (χ4v) is 4.27. The topological polar surface area (TPSA) is 117 Å². The second kappa shape index (κ2) is 9.07. The first kappa shape index (κ1) is 22.4. The second-order valence-electron chi connectivity index (χ2n) is 7.35. The molecule has 0 spiro atoms. The third-order valence-corrected chi connectivity index (χ3v) is 6.69. The van der Waals surface area contributed by atoms with Crippen LogP contribution in [0.3, 0.4) is 0 Å². The fourth-order valence-electron chi connectivity index (χ4n) is 3.08. The Balaban J connectivity index is 0.000000237. The van der Waals surface area contributed by atoms with Crippen molar-refractivity contribution < 1.29 is 8.42 Å². The van der Waals surface area contributed by atoms with Gasteiger partial charge >= 0.3 is 0 Å². The van der Waals surface area contributed by atoms with Crippen LogP contribution in [0.15, 0.2) is 6.20 Å². The predicted molar refractivity (Wildman–Crippen MR) is 111 cm³/mol. The molecule has 0 aliphatic carbocycles. The summed E-state index contributed by atoms with van der Waals surface area (Å²) < 4.78 is 25.0. The summed E-state index contributed by atoms with van der Waals surface area (Å²) >= 11 is 6.20. The first-order valence-corrected chi connectivity index (χ1v) is 11.5. The Morgan fingerprint density at radius 1 is 1.25 bits per heavy atom. The minimum absolute atomic E-state index is 0.147. The average molecular weight is 427 g/mol. The molecule has 1 aliphatic rings. The minimum Gasteiger partial charge on any atom is -0.367 e. The second-order valence-corrected chi connectivity index (χ2v) is 9.72. The van der Waals surface area contributed by atoms with Crippen molar-refractivity contribution in [2.24, 2.45) is 5.92 Å². The highest BCUT2D eigenvalue weighted by Crippen LogP contribution is 2.34. The lowest BCUT2D eigenvalue weighted by molar-refractivity contribution is 0.349. The zero-order chi connectivity index (χ0) is 21.1. The van der Waals surface area contributed by atoms with E-state index in [2.05, 4.69) is 30.0 Å². The Labute approximate surface area is 171 Å². The molecule has 0 radical (unpaired) electrons. The van der Waals surface area contributed by atoms with E-state index in [-0.39, 0.29) is 11.9 Å². The molecule has 8 nitrogen and oxygen atoms in total. The number of nitrogen functional groups attached to an aromatic ring is 1. The summed E-state index contributed by atoms with van der Waals surface area (Å²) in [5.74, 6) is 0.673. The van der Waals surface area contributed by atoms with Gasteiger partial charge in [0.1, 0.15) is 11.6 Å². The fraction of sp³-hybridized carbons (Fsp3) is 0.611. The van der Waals surface area contributed by atoms with Gasteiger partial charge in [-0.2, -0.15) is 5.26 Å². The number of aromatic nitrogens is 3. The normalized spacial score (nSPS) is 16.5. The van der Waals surface area contributed by atoms with E-state index >= 15 is 0 Å². The summed E-state index contributed by atoms with van der Waals surface area (Å²) in [5, 5.41) is 13.8. The lowest BCUT2D eigenvalue weighted by Crippen LogP contribution is -2.34. The number of fused-ring (bicyclic) bond motifs is 1. The number of nitrogens with zero attached hydrogens (tertiary/aromatic N) is 5. The Bertz CT molecular complexity index is 974. The molecule has 0 saturated carbocycles. The number of nitrogens with two attached hydrogens (primary N) is 1. The SMILES string of the molecule is CC(C)C(C)c1c(C#N)c(Cl)c2cnc(N)nn12.CS(=O)(=O)N1CCCCC1. The van der Waals surface area contributed by atoms with Gasteiger partial charge in [0.15, 0.2) is 0 Å². The van der Waals surface area contributed by atoms with E-state index in [1.54, 1.807) is 15.0 Å². The monoisotopic (exact) mass is 426 g/mol. The maximum absolute atomic E-state index is 10.9. The molecule has 1 unspecified atom stereocenters. The van der Waals surface area contributed by atoms with Crippen molar-refractivity contribution in [1.82, 2.24) is 18.9 Å². The van der Waals surface area contributed by atoms with E-state index in [4.69, 9.17) is 17.3 Å². The zero-order valence-electron chi connectivity index (χ0n) is 16.7. The van der Waals surface area contributed by atoms with Crippen LogP contribution in [0.4, 0.5) is 5.95 Å². The Morgan fingerprint density at radius 3 is 2.32 bits per heavy atom. The van der Waals surface area contributed by atoms with Crippen LogP contribution in [0, 0.1) is 17.2 Å². The Kier molecular flexibility index (Phi) is 7.26. The number of sulfonamides is 1. The molecule has 3 rings (SSSR count). The van der Waals surface area contributed by atoms with Crippen LogP contribution in [-0.4, -0.2) is 46.7 Å². The van der Waals surface area contributed by atoms with E-state index in [0.717, 1.165) is 31.6 Å². The molecule has 1 saturated heterocycles. The smallest absolute Gasteiger partial charge is 0.238 e. The largest absolute Gasteiger partial charge is 0.367 e. The highest BCUT2D eigenvalue weighted by Gasteiger charge is 2.24. The Morgan fingerprint density at radius 2 is 1.86 bits per heavy atom. The van der Waals surface area contributed by atoms with Gasteiger partial charge in [0.05, 0.1) is 28.7 Å². The highest BCUT2D eigenvalue weighted by atomic mass is 35.5. The minimum atomic E-state index is -2.89. The van der Waals surface area contributed by atoms with E-state index < -0.39 is 10.0 Å². The van der Waals surface area contributed by atoms with E-state index in [9.17, 15) is 13.7 Å². The molecular formula is C18H27ClN6O2S. The van der Waals surface area contributed by atoms with Gasteiger partial charge in [-0.1, -0.05) is 38.8 Å². The molecule has 0 amide bonds. The van der Waals surface area contributed by atoms with Gasteiger partial charge in [0.25, 0.3) is 0 Å². The van der Waals surface area contributed by atoms with Crippen LogP contribution in [0.2, 0.25) is 5.02 Å². The lowest BCUT2D eigenvalue weighted by atomic mass is 9.93. The average Bonchev–Trinajstić information content (AvgIpc) is 2.92. The van der Waals surface area contributed by atoms with Gasteiger partial charge < -0.3 is 5.73 Å². The number of rotatable bonds is 3. The van der Waals surface area contributed by atoms with E-state index in [1.165, 1.54) is 12.7 Å². The van der Waals surface area contributed by atoms with Gasteiger partial charge in [0, 0.05) is 19.0 Å². The van der Waals surface area contributed by atoms with Crippen molar-refractivity contribution in [1.29, 1.82) is 5.26 Å². The molecule has 0 bridgehead atoms. The summed E-state index contributed by atoms with van der Waals surface area (Å²) in [4.78, 5) is 3.91. The van der Waals surface area contributed by atoms with Crippen molar-refractivity contribution in [3.63, 3.8) is 0 Å². The van der Waals surface area contributed by atoms with Crippen LogP contribution in [0.5, 0.6) is 0 Å². The number of halogens is 1. The van der Waals surface area contributed by atoms with E-state index in [0.29, 0.717) is 22.0 Å². The maximum Gasteiger partial charge on any atom is 0.238 e. The molecule has 154 valence electrons. The Hall–Kier alpha value is -1.89. The molecule has 28 heavy (non-hydrogen) atoms. The van der Waals surface area contributed by atoms with Gasteiger partial charge in [-0.15, -0.1) is 5.10 Å². The summed E-state index contributed by atoms with van der Waals surface area (Å²) in [6.45, 7) is 7.66. The summed E-state index contributed by atoms with van der Waals surface area (Å²) in [6, 6.07) is 2.15. The van der Waals surface area contributed by atoms with Crippen molar-refractivity contribution in [2.75, 3.05) is 25.1 Å². The quantitative estimate of drug-likeness (QED) is 0.805. The zero-order valence-corrected chi connectivity index (χ0v) is 18.3. The highest BCUT2D eigenvalue weighted by molar-refractivity contribution is 7.88. The molecule has 3 heterocycles. The first-order valence-electron chi connectivity index (χ1n) is 9.25.